The van der Waals surface area contributed by atoms with Gasteiger partial charge in [0.15, 0.2) is 9.84 Å². The number of cyclic esters (lactones) is 1. The lowest BCUT2D eigenvalue weighted by molar-refractivity contribution is -0.141. The van der Waals surface area contributed by atoms with Crippen molar-refractivity contribution in [3.63, 3.8) is 0 Å². The number of carbonyl (C=O) groups is 1. The zero-order valence-electron chi connectivity index (χ0n) is 15.5. The molecule has 3 rings (SSSR count). The molecule has 5 nitrogen and oxygen atoms in total. The Labute approximate surface area is 167 Å². The third kappa shape index (κ3) is 4.05. The van der Waals surface area contributed by atoms with Crippen LogP contribution in [0.3, 0.4) is 0 Å². The summed E-state index contributed by atoms with van der Waals surface area (Å²) in [4.78, 5) is 12.4. The second kappa shape index (κ2) is 7.56. The van der Waals surface area contributed by atoms with Gasteiger partial charge in [0, 0.05) is 24.0 Å². The quantitative estimate of drug-likeness (QED) is 0.669. The second-order valence-electron chi connectivity index (χ2n) is 6.48. The monoisotopic (exact) mass is 424 g/mol. The molecule has 148 valence electrons. The van der Waals surface area contributed by atoms with E-state index < -0.39 is 27.7 Å². The fraction of sp³-hybridized carbons (Fsp3) is 0.250. The summed E-state index contributed by atoms with van der Waals surface area (Å²) in [6.45, 7) is 3.57. The number of rotatable bonds is 5. The normalized spacial score (nSPS) is 16.7. The average molecular weight is 425 g/mol. The van der Waals surface area contributed by atoms with Crippen molar-refractivity contribution in [3.8, 4) is 5.75 Å². The molecule has 0 saturated carbocycles. The van der Waals surface area contributed by atoms with Gasteiger partial charge < -0.3 is 9.47 Å². The predicted molar refractivity (Wildman–Crippen MR) is 103 cm³/mol. The molecular formula is C20H18ClFO5S. The highest BCUT2D eigenvalue weighted by atomic mass is 35.5. The molecular weight excluding hydrogens is 407 g/mol. The third-order valence-corrected chi connectivity index (χ3v) is 5.93. The van der Waals surface area contributed by atoms with Gasteiger partial charge in [-0.25, -0.2) is 17.6 Å². The number of halogens is 2. The number of hydrogen-bond acceptors (Lipinski definition) is 5. The summed E-state index contributed by atoms with van der Waals surface area (Å²) in [6, 6.07) is 7.15. The van der Waals surface area contributed by atoms with Crippen LogP contribution in [0.4, 0.5) is 4.39 Å². The number of carbonyl (C=O) groups excluding carboxylic acids is 1. The molecule has 0 aliphatic carbocycles. The van der Waals surface area contributed by atoms with E-state index in [-0.39, 0.29) is 21.4 Å². The highest BCUT2D eigenvalue weighted by Crippen LogP contribution is 2.34. The molecule has 0 amide bonds. The second-order valence-corrected chi connectivity index (χ2v) is 8.87. The maximum atomic E-state index is 13.6. The van der Waals surface area contributed by atoms with Gasteiger partial charge in [-0.05, 0) is 42.7 Å². The summed E-state index contributed by atoms with van der Waals surface area (Å²) < 4.78 is 48.3. The van der Waals surface area contributed by atoms with E-state index in [1.54, 1.807) is 19.1 Å². The van der Waals surface area contributed by atoms with Crippen LogP contribution < -0.4 is 4.74 Å². The van der Waals surface area contributed by atoms with E-state index in [1.807, 2.05) is 6.92 Å². The zero-order chi connectivity index (χ0) is 20.6. The minimum absolute atomic E-state index is 0.0535. The van der Waals surface area contributed by atoms with E-state index in [4.69, 9.17) is 21.1 Å². The maximum absolute atomic E-state index is 13.6. The zero-order valence-corrected chi connectivity index (χ0v) is 17.0. The average Bonchev–Trinajstić information content (AvgIpc) is 2.97. The van der Waals surface area contributed by atoms with Crippen molar-refractivity contribution >= 4 is 27.4 Å². The van der Waals surface area contributed by atoms with Crippen molar-refractivity contribution in [2.24, 2.45) is 0 Å². The number of aryl methyl sites for hydroxylation is 2. The van der Waals surface area contributed by atoms with E-state index >= 15 is 0 Å². The topological polar surface area (TPSA) is 69.7 Å². The molecule has 28 heavy (non-hydrogen) atoms. The summed E-state index contributed by atoms with van der Waals surface area (Å²) in [5.41, 5.74) is 1.99. The van der Waals surface area contributed by atoms with Crippen LogP contribution in [0.25, 0.3) is 0 Å². The highest BCUT2D eigenvalue weighted by Gasteiger charge is 2.31. The van der Waals surface area contributed by atoms with Gasteiger partial charge in [-0.1, -0.05) is 24.6 Å². The van der Waals surface area contributed by atoms with Crippen molar-refractivity contribution in [1.82, 2.24) is 0 Å². The van der Waals surface area contributed by atoms with Gasteiger partial charge >= 0.3 is 5.97 Å². The van der Waals surface area contributed by atoms with Gasteiger partial charge in [0.25, 0.3) is 0 Å². The van der Waals surface area contributed by atoms with Crippen molar-refractivity contribution in [1.29, 1.82) is 0 Å². The van der Waals surface area contributed by atoms with Crippen LogP contribution in [-0.2, 0) is 25.8 Å². The molecule has 0 fully saturated rings. The molecule has 1 aliphatic heterocycles. The number of benzene rings is 2. The van der Waals surface area contributed by atoms with E-state index in [0.29, 0.717) is 17.5 Å². The fourth-order valence-electron chi connectivity index (χ4n) is 3.03. The number of sulfone groups is 1. The van der Waals surface area contributed by atoms with Crippen LogP contribution in [0, 0.1) is 12.7 Å². The Morgan fingerprint density at radius 1 is 1.25 bits per heavy atom. The van der Waals surface area contributed by atoms with E-state index in [2.05, 4.69) is 0 Å². The van der Waals surface area contributed by atoms with Crippen molar-refractivity contribution in [2.45, 2.75) is 31.3 Å². The first kappa shape index (κ1) is 20.4. The summed E-state index contributed by atoms with van der Waals surface area (Å²) in [5.74, 6) is -1.31. The van der Waals surface area contributed by atoms with Crippen molar-refractivity contribution < 1.29 is 27.1 Å². The molecule has 0 radical (unpaired) electrons. The minimum atomic E-state index is -3.37. The molecule has 1 aliphatic rings. The van der Waals surface area contributed by atoms with Gasteiger partial charge in [0.05, 0.1) is 9.92 Å². The molecule has 0 unspecified atom stereocenters. The van der Waals surface area contributed by atoms with Crippen LogP contribution in [0.1, 0.15) is 29.7 Å². The summed E-state index contributed by atoms with van der Waals surface area (Å²) in [6.07, 6.45) is 2.48. The molecule has 0 spiro atoms. The maximum Gasteiger partial charge on any atom is 0.375 e. The fourth-order valence-corrected chi connectivity index (χ4v) is 4.15. The Hall–Kier alpha value is -2.38. The molecule has 8 heteroatoms. The number of hydrogen-bond donors (Lipinski definition) is 0. The van der Waals surface area contributed by atoms with Crippen LogP contribution in [0.2, 0.25) is 5.02 Å². The smallest absolute Gasteiger partial charge is 0.375 e. The lowest BCUT2D eigenvalue weighted by Crippen LogP contribution is -2.09. The molecule has 0 aromatic heterocycles. The Bertz CT molecular complexity index is 1090. The first-order valence-electron chi connectivity index (χ1n) is 8.49. The summed E-state index contributed by atoms with van der Waals surface area (Å²) in [7, 11) is -3.37. The van der Waals surface area contributed by atoms with Gasteiger partial charge in [0.2, 0.25) is 5.76 Å². The van der Waals surface area contributed by atoms with Gasteiger partial charge in [0.1, 0.15) is 17.7 Å². The van der Waals surface area contributed by atoms with Crippen LogP contribution in [0.15, 0.2) is 47.1 Å². The van der Waals surface area contributed by atoms with Gasteiger partial charge in [-0.2, -0.15) is 0 Å². The van der Waals surface area contributed by atoms with Crippen molar-refractivity contribution in [2.75, 3.05) is 6.26 Å². The third-order valence-electron chi connectivity index (χ3n) is 4.38. The van der Waals surface area contributed by atoms with E-state index in [1.165, 1.54) is 18.2 Å². The Morgan fingerprint density at radius 3 is 2.57 bits per heavy atom. The Kier molecular flexibility index (Phi) is 5.50. The SMILES string of the molecule is CCc1cc(S(C)(=O)=O)c(C)cc1[C@H]1C=C(Oc2ccc(Cl)c(F)c2)C(=O)O1. The first-order valence-corrected chi connectivity index (χ1v) is 10.8. The van der Waals surface area contributed by atoms with Crippen molar-refractivity contribution in [3.05, 3.63) is 69.7 Å². The lowest BCUT2D eigenvalue weighted by atomic mass is 9.98. The molecule has 0 bridgehead atoms. The summed E-state index contributed by atoms with van der Waals surface area (Å²) >= 11 is 5.64. The summed E-state index contributed by atoms with van der Waals surface area (Å²) in [5, 5.41) is -0.0535. The molecule has 0 N–H and O–H groups in total. The minimum Gasteiger partial charge on any atom is -0.450 e. The molecule has 0 saturated heterocycles. The molecule has 1 heterocycles. The standard InChI is InChI=1S/C20H18ClFO5S/c1-4-12-8-19(28(3,24)25)11(2)7-14(12)17-10-18(20(23)27-17)26-13-5-6-15(21)16(22)9-13/h5-10,17H,4H2,1-3H3/t17-/m1/s1. The predicted octanol–water partition coefficient (Wildman–Crippen LogP) is 4.31. The number of esters is 1. The van der Waals surface area contributed by atoms with Gasteiger partial charge in [-0.3, -0.25) is 0 Å². The van der Waals surface area contributed by atoms with Gasteiger partial charge in [-0.15, -0.1) is 0 Å². The molecule has 1 atom stereocenters. The Balaban J connectivity index is 1.95. The van der Waals surface area contributed by atoms with Crippen LogP contribution >= 0.6 is 11.6 Å². The van der Waals surface area contributed by atoms with Crippen LogP contribution in [0.5, 0.6) is 5.75 Å². The van der Waals surface area contributed by atoms with Crippen LogP contribution in [-0.4, -0.2) is 20.6 Å². The number of ether oxygens (including phenoxy) is 2. The first-order chi connectivity index (χ1) is 13.1. The Morgan fingerprint density at radius 2 is 1.96 bits per heavy atom. The molecule has 2 aromatic rings. The molecule has 2 aromatic carbocycles. The highest BCUT2D eigenvalue weighted by molar-refractivity contribution is 7.90. The lowest BCUT2D eigenvalue weighted by Gasteiger charge is -2.16. The largest absolute Gasteiger partial charge is 0.450 e. The van der Waals surface area contributed by atoms with E-state index in [0.717, 1.165) is 17.9 Å². The van der Waals surface area contributed by atoms with E-state index in [9.17, 15) is 17.6 Å².